The molecule has 1 heterocycles. The van der Waals surface area contributed by atoms with Crippen LogP contribution in [0.2, 0.25) is 0 Å². The minimum absolute atomic E-state index is 0.0283. The third-order valence-electron chi connectivity index (χ3n) is 3.46. The highest BCUT2D eigenvalue weighted by molar-refractivity contribution is 5.99. The minimum Gasteiger partial charge on any atom is -0.465 e. The van der Waals surface area contributed by atoms with Crippen molar-refractivity contribution in [2.24, 2.45) is 5.92 Å². The second kappa shape index (κ2) is 8.31. The summed E-state index contributed by atoms with van der Waals surface area (Å²) in [7, 11) is 0.986. The molecule has 1 aromatic rings. The van der Waals surface area contributed by atoms with Gasteiger partial charge in [0.2, 0.25) is 0 Å². The summed E-state index contributed by atoms with van der Waals surface area (Å²) in [6, 6.07) is 0. The lowest BCUT2D eigenvalue weighted by Gasteiger charge is -2.21. The largest absolute Gasteiger partial charge is 0.465 e. The van der Waals surface area contributed by atoms with Gasteiger partial charge in [-0.05, 0) is 31.2 Å². The fraction of sp³-hybridized carbons (Fsp3) is 0.588. The number of rotatable bonds is 6. The van der Waals surface area contributed by atoms with Crippen LogP contribution in [0.25, 0.3) is 0 Å². The number of pyridine rings is 1. The molecular formula is C17H22F3NO4. The number of halogens is 3. The monoisotopic (exact) mass is 361 g/mol. The fourth-order valence-electron chi connectivity index (χ4n) is 2.53. The molecule has 0 atom stereocenters. The lowest BCUT2D eigenvalue weighted by molar-refractivity contribution is -0.141. The van der Waals surface area contributed by atoms with Gasteiger partial charge in [0.05, 0.1) is 30.5 Å². The van der Waals surface area contributed by atoms with E-state index in [-0.39, 0.29) is 42.2 Å². The van der Waals surface area contributed by atoms with Crippen LogP contribution in [0.4, 0.5) is 13.2 Å². The lowest BCUT2D eigenvalue weighted by Crippen LogP contribution is -2.25. The first-order chi connectivity index (χ1) is 11.6. The molecule has 8 heteroatoms. The molecule has 0 aliphatic carbocycles. The molecule has 0 aliphatic rings. The van der Waals surface area contributed by atoms with Gasteiger partial charge in [0.25, 0.3) is 0 Å². The Balaban J connectivity index is 3.93. The van der Waals surface area contributed by atoms with E-state index in [2.05, 4.69) is 9.72 Å². The molecule has 25 heavy (non-hydrogen) atoms. The number of nitrogens with zero attached hydrogens (tertiary/aromatic N) is 1. The van der Waals surface area contributed by atoms with E-state index in [1.165, 1.54) is 0 Å². The van der Waals surface area contributed by atoms with Gasteiger partial charge in [-0.3, -0.25) is 0 Å². The summed E-state index contributed by atoms with van der Waals surface area (Å²) < 4.78 is 49.9. The summed E-state index contributed by atoms with van der Waals surface area (Å²) >= 11 is 0. The smallest absolute Gasteiger partial charge is 0.434 e. The van der Waals surface area contributed by atoms with Gasteiger partial charge >= 0.3 is 18.1 Å². The lowest BCUT2D eigenvalue weighted by atomic mass is 9.90. The molecule has 0 saturated carbocycles. The number of aryl methyl sites for hydroxylation is 1. The van der Waals surface area contributed by atoms with E-state index in [0.29, 0.717) is 0 Å². The Morgan fingerprint density at radius 1 is 1.12 bits per heavy atom. The molecule has 0 bridgehead atoms. The third kappa shape index (κ3) is 4.70. The summed E-state index contributed by atoms with van der Waals surface area (Å²) in [6.07, 6.45) is -4.69. The predicted octanol–water partition coefficient (Wildman–Crippen LogP) is 3.82. The van der Waals surface area contributed by atoms with Gasteiger partial charge < -0.3 is 9.47 Å². The van der Waals surface area contributed by atoms with Crippen LogP contribution >= 0.6 is 0 Å². The van der Waals surface area contributed by atoms with Crippen LogP contribution in [-0.4, -0.2) is 30.6 Å². The molecule has 5 nitrogen and oxygen atoms in total. The van der Waals surface area contributed by atoms with Crippen molar-refractivity contribution in [2.75, 3.05) is 13.7 Å². The van der Waals surface area contributed by atoms with E-state index in [9.17, 15) is 22.8 Å². The molecule has 1 rings (SSSR count). The zero-order valence-corrected chi connectivity index (χ0v) is 14.9. The van der Waals surface area contributed by atoms with Gasteiger partial charge in [0.15, 0.2) is 5.69 Å². The number of methoxy groups -OCH3 is 1. The summed E-state index contributed by atoms with van der Waals surface area (Å²) in [5.74, 6) is -2.07. The van der Waals surface area contributed by atoms with E-state index in [0.717, 1.165) is 7.11 Å². The molecule has 0 aliphatic heterocycles. The van der Waals surface area contributed by atoms with Crippen molar-refractivity contribution in [1.82, 2.24) is 4.98 Å². The van der Waals surface area contributed by atoms with E-state index in [4.69, 9.17) is 4.74 Å². The quantitative estimate of drug-likeness (QED) is 0.721. The Bertz CT molecular complexity index is 654. The second-order valence-electron chi connectivity index (χ2n) is 5.80. The van der Waals surface area contributed by atoms with Crippen molar-refractivity contribution < 1.29 is 32.2 Å². The first-order valence-electron chi connectivity index (χ1n) is 7.96. The normalized spacial score (nSPS) is 11.6. The minimum atomic E-state index is -4.85. The molecule has 0 radical (unpaired) electrons. The number of esters is 2. The average Bonchev–Trinajstić information content (AvgIpc) is 2.51. The van der Waals surface area contributed by atoms with Crippen molar-refractivity contribution in [3.05, 3.63) is 28.1 Å². The summed E-state index contributed by atoms with van der Waals surface area (Å²) in [5.41, 5.74) is -2.20. The summed E-state index contributed by atoms with van der Waals surface area (Å²) in [6.45, 7) is 6.77. The van der Waals surface area contributed by atoms with Gasteiger partial charge in [0, 0.05) is 0 Å². The van der Waals surface area contributed by atoms with E-state index in [1.54, 1.807) is 27.7 Å². The van der Waals surface area contributed by atoms with Crippen LogP contribution in [0, 0.1) is 5.92 Å². The summed E-state index contributed by atoms with van der Waals surface area (Å²) in [5, 5.41) is 0. The van der Waals surface area contributed by atoms with Gasteiger partial charge in [-0.15, -0.1) is 0 Å². The van der Waals surface area contributed by atoms with Crippen LogP contribution in [-0.2, 0) is 28.5 Å². The van der Waals surface area contributed by atoms with Crippen molar-refractivity contribution in [1.29, 1.82) is 0 Å². The Morgan fingerprint density at radius 3 is 2.12 bits per heavy atom. The van der Waals surface area contributed by atoms with Crippen molar-refractivity contribution in [3.8, 4) is 0 Å². The first kappa shape index (κ1) is 20.9. The van der Waals surface area contributed by atoms with E-state index < -0.39 is 29.4 Å². The van der Waals surface area contributed by atoms with Crippen LogP contribution in [0.5, 0.6) is 0 Å². The van der Waals surface area contributed by atoms with Gasteiger partial charge in [-0.1, -0.05) is 20.8 Å². The summed E-state index contributed by atoms with van der Waals surface area (Å²) in [4.78, 5) is 28.0. The number of ether oxygens (including phenoxy) is 2. The molecule has 0 unspecified atom stereocenters. The molecule has 0 amide bonds. The van der Waals surface area contributed by atoms with Gasteiger partial charge in [-0.25, -0.2) is 14.6 Å². The molecule has 0 aromatic carbocycles. The SMILES string of the molecule is CCOC(=O)c1c(CC)nc(C(F)(F)F)c(C(=O)OC)c1CC(C)C. The number of hydrogen-bond donors (Lipinski definition) is 0. The molecular weight excluding hydrogens is 339 g/mol. The molecule has 0 fully saturated rings. The maximum atomic E-state index is 13.5. The highest BCUT2D eigenvalue weighted by atomic mass is 19.4. The third-order valence-corrected chi connectivity index (χ3v) is 3.46. The van der Waals surface area contributed by atoms with Crippen LogP contribution in [0.1, 0.15) is 65.4 Å². The number of alkyl halides is 3. The van der Waals surface area contributed by atoms with E-state index in [1.807, 2.05) is 0 Å². The second-order valence-corrected chi connectivity index (χ2v) is 5.80. The van der Waals surface area contributed by atoms with Crippen molar-refractivity contribution in [2.45, 2.75) is 46.7 Å². The zero-order valence-electron chi connectivity index (χ0n) is 14.9. The Labute approximate surface area is 144 Å². The van der Waals surface area contributed by atoms with Crippen LogP contribution < -0.4 is 0 Å². The first-order valence-corrected chi connectivity index (χ1v) is 7.96. The van der Waals surface area contributed by atoms with Crippen LogP contribution in [0.15, 0.2) is 0 Å². The Kier molecular flexibility index (Phi) is 6.96. The Hall–Kier alpha value is -2.12. The number of hydrogen-bond acceptors (Lipinski definition) is 5. The fourth-order valence-corrected chi connectivity index (χ4v) is 2.53. The van der Waals surface area contributed by atoms with Gasteiger partial charge in [0.1, 0.15) is 0 Å². The van der Waals surface area contributed by atoms with Gasteiger partial charge in [-0.2, -0.15) is 13.2 Å². The van der Waals surface area contributed by atoms with Crippen molar-refractivity contribution in [3.63, 3.8) is 0 Å². The number of carbonyl (C=O) groups excluding carboxylic acids is 2. The molecule has 0 saturated heterocycles. The number of carbonyl (C=O) groups is 2. The highest BCUT2D eigenvalue weighted by Crippen LogP contribution is 2.36. The average molecular weight is 361 g/mol. The van der Waals surface area contributed by atoms with Crippen molar-refractivity contribution >= 4 is 11.9 Å². The molecule has 1 aromatic heterocycles. The predicted molar refractivity (Wildman–Crippen MR) is 84.5 cm³/mol. The molecule has 0 spiro atoms. The van der Waals surface area contributed by atoms with E-state index >= 15 is 0 Å². The molecule has 140 valence electrons. The Morgan fingerprint density at radius 2 is 1.72 bits per heavy atom. The topological polar surface area (TPSA) is 65.5 Å². The standard InChI is InChI=1S/C17H22F3NO4/c1-6-11-12(16(23)25-7-2)10(8-9(3)4)13(15(22)24-5)14(21-11)17(18,19)20/h9H,6-8H2,1-5H3. The number of aromatic nitrogens is 1. The molecule has 0 N–H and O–H groups in total. The maximum absolute atomic E-state index is 13.5. The maximum Gasteiger partial charge on any atom is 0.434 e. The zero-order chi connectivity index (χ0) is 19.4. The highest BCUT2D eigenvalue weighted by Gasteiger charge is 2.41. The van der Waals surface area contributed by atoms with Crippen LogP contribution in [0.3, 0.4) is 0 Å².